The molecule has 3 heterocycles. The van der Waals surface area contributed by atoms with E-state index in [2.05, 4.69) is 34.1 Å². The molecule has 2 aromatic rings. The van der Waals surface area contributed by atoms with Gasteiger partial charge in [-0.1, -0.05) is 6.07 Å². The lowest BCUT2D eigenvalue weighted by Crippen LogP contribution is -2.32. The van der Waals surface area contributed by atoms with Gasteiger partial charge < -0.3 is 14.2 Å². The number of thioether (sulfide) groups is 1. The van der Waals surface area contributed by atoms with Gasteiger partial charge in [0.15, 0.2) is 0 Å². The Balaban J connectivity index is 1.57. The second-order valence-corrected chi connectivity index (χ2v) is 8.80. The van der Waals surface area contributed by atoms with Crippen LogP contribution in [0.5, 0.6) is 11.6 Å². The van der Waals surface area contributed by atoms with E-state index in [9.17, 15) is 0 Å². The van der Waals surface area contributed by atoms with E-state index in [-0.39, 0.29) is 6.10 Å². The van der Waals surface area contributed by atoms with Crippen molar-refractivity contribution in [3.05, 3.63) is 42.1 Å². The number of hydrogen-bond acceptors (Lipinski definition) is 6. The summed E-state index contributed by atoms with van der Waals surface area (Å²) in [5.74, 6) is 4.01. The first-order valence-electron chi connectivity index (χ1n) is 10.5. The Labute approximate surface area is 177 Å². The Hall–Kier alpha value is -1.76. The third-order valence-electron chi connectivity index (χ3n) is 5.53. The SMILES string of the molecule is COc1ncccc1-c1ccc(OCC2CCCCO2)c(CN2CCSCC2)c1. The van der Waals surface area contributed by atoms with Gasteiger partial charge >= 0.3 is 0 Å². The zero-order valence-electron chi connectivity index (χ0n) is 17.1. The van der Waals surface area contributed by atoms with E-state index >= 15 is 0 Å². The molecule has 2 fully saturated rings. The maximum absolute atomic E-state index is 6.26. The van der Waals surface area contributed by atoms with Gasteiger partial charge in [-0.15, -0.1) is 0 Å². The molecule has 0 aliphatic carbocycles. The van der Waals surface area contributed by atoms with Crippen molar-refractivity contribution in [1.82, 2.24) is 9.88 Å². The third-order valence-corrected chi connectivity index (χ3v) is 6.47. The first-order chi connectivity index (χ1) is 14.3. The third kappa shape index (κ3) is 5.44. The van der Waals surface area contributed by atoms with Crippen LogP contribution in [-0.2, 0) is 11.3 Å². The topological polar surface area (TPSA) is 43.8 Å². The van der Waals surface area contributed by atoms with Crippen molar-refractivity contribution in [3.8, 4) is 22.8 Å². The fraction of sp³-hybridized carbons (Fsp3) is 0.522. The molecule has 0 bridgehead atoms. The smallest absolute Gasteiger partial charge is 0.221 e. The minimum absolute atomic E-state index is 0.209. The Kier molecular flexibility index (Phi) is 7.30. The van der Waals surface area contributed by atoms with Gasteiger partial charge in [0.1, 0.15) is 12.4 Å². The number of methoxy groups -OCH3 is 1. The molecule has 4 rings (SSSR count). The van der Waals surface area contributed by atoms with Crippen LogP contribution in [-0.4, -0.2) is 60.9 Å². The number of aromatic nitrogens is 1. The number of rotatable bonds is 7. The predicted molar refractivity (Wildman–Crippen MR) is 118 cm³/mol. The van der Waals surface area contributed by atoms with Crippen molar-refractivity contribution < 1.29 is 14.2 Å². The number of nitrogens with zero attached hydrogens (tertiary/aromatic N) is 2. The van der Waals surface area contributed by atoms with Crippen LogP contribution in [0.1, 0.15) is 24.8 Å². The highest BCUT2D eigenvalue weighted by Gasteiger charge is 2.18. The molecular formula is C23H30N2O3S. The van der Waals surface area contributed by atoms with Crippen molar-refractivity contribution in [3.63, 3.8) is 0 Å². The van der Waals surface area contributed by atoms with Crippen molar-refractivity contribution in [2.75, 3.05) is 44.9 Å². The molecule has 2 saturated heterocycles. The van der Waals surface area contributed by atoms with Gasteiger partial charge in [0.2, 0.25) is 5.88 Å². The predicted octanol–water partition coefficient (Wildman–Crippen LogP) is 4.25. The van der Waals surface area contributed by atoms with Gasteiger partial charge in [-0.2, -0.15) is 11.8 Å². The van der Waals surface area contributed by atoms with Crippen molar-refractivity contribution in [1.29, 1.82) is 0 Å². The van der Waals surface area contributed by atoms with Crippen molar-refractivity contribution in [2.45, 2.75) is 31.9 Å². The van der Waals surface area contributed by atoms with Gasteiger partial charge in [-0.05, 0) is 49.1 Å². The van der Waals surface area contributed by atoms with Crippen LogP contribution in [0.3, 0.4) is 0 Å². The van der Waals surface area contributed by atoms with E-state index in [1.165, 1.54) is 23.5 Å². The lowest BCUT2D eigenvalue weighted by molar-refractivity contribution is -0.0113. The van der Waals surface area contributed by atoms with E-state index in [0.29, 0.717) is 12.5 Å². The van der Waals surface area contributed by atoms with Crippen LogP contribution in [0.25, 0.3) is 11.1 Å². The highest BCUT2D eigenvalue weighted by atomic mass is 32.2. The number of pyridine rings is 1. The molecule has 0 N–H and O–H groups in total. The van der Waals surface area contributed by atoms with Gasteiger partial charge in [0.25, 0.3) is 0 Å². The molecule has 0 saturated carbocycles. The molecule has 6 heteroatoms. The minimum atomic E-state index is 0.209. The molecule has 0 radical (unpaired) electrons. The van der Waals surface area contributed by atoms with Crippen LogP contribution in [0.15, 0.2) is 36.5 Å². The molecule has 29 heavy (non-hydrogen) atoms. The summed E-state index contributed by atoms with van der Waals surface area (Å²) in [6, 6.07) is 10.4. The fourth-order valence-electron chi connectivity index (χ4n) is 3.91. The molecule has 5 nitrogen and oxygen atoms in total. The first-order valence-corrected chi connectivity index (χ1v) is 11.7. The van der Waals surface area contributed by atoms with Crippen LogP contribution < -0.4 is 9.47 Å². The zero-order valence-corrected chi connectivity index (χ0v) is 18.0. The van der Waals surface area contributed by atoms with E-state index < -0.39 is 0 Å². The summed E-state index contributed by atoms with van der Waals surface area (Å²) in [6.45, 7) is 4.62. The first kappa shape index (κ1) is 20.5. The van der Waals surface area contributed by atoms with Gasteiger partial charge in [-0.25, -0.2) is 4.98 Å². The second-order valence-electron chi connectivity index (χ2n) is 7.57. The lowest BCUT2D eigenvalue weighted by atomic mass is 10.0. The Morgan fingerprint density at radius 3 is 2.90 bits per heavy atom. The quantitative estimate of drug-likeness (QED) is 0.675. The second kappa shape index (κ2) is 10.3. The van der Waals surface area contributed by atoms with Crippen LogP contribution in [0, 0.1) is 0 Å². The van der Waals surface area contributed by atoms with Gasteiger partial charge in [-0.3, -0.25) is 4.90 Å². The van der Waals surface area contributed by atoms with Crippen LogP contribution >= 0.6 is 11.8 Å². The van der Waals surface area contributed by atoms with E-state index in [4.69, 9.17) is 14.2 Å². The number of hydrogen-bond donors (Lipinski definition) is 0. The molecule has 2 aliphatic rings. The Morgan fingerprint density at radius 2 is 2.10 bits per heavy atom. The summed E-state index contributed by atoms with van der Waals surface area (Å²) < 4.78 is 17.6. The number of ether oxygens (including phenoxy) is 3. The van der Waals surface area contributed by atoms with Crippen molar-refractivity contribution >= 4 is 11.8 Å². The molecule has 1 aromatic carbocycles. The molecule has 1 aromatic heterocycles. The summed E-state index contributed by atoms with van der Waals surface area (Å²) in [4.78, 5) is 6.87. The maximum atomic E-state index is 6.26. The van der Waals surface area contributed by atoms with Gasteiger partial charge in [0, 0.05) is 55.1 Å². The summed E-state index contributed by atoms with van der Waals surface area (Å²) in [5, 5.41) is 0. The molecule has 156 valence electrons. The highest BCUT2D eigenvalue weighted by molar-refractivity contribution is 7.99. The van der Waals surface area contributed by atoms with E-state index in [1.54, 1.807) is 13.3 Å². The minimum Gasteiger partial charge on any atom is -0.491 e. The fourth-order valence-corrected chi connectivity index (χ4v) is 4.89. The van der Waals surface area contributed by atoms with Crippen LogP contribution in [0.4, 0.5) is 0 Å². The summed E-state index contributed by atoms with van der Waals surface area (Å²) in [7, 11) is 1.67. The summed E-state index contributed by atoms with van der Waals surface area (Å²) in [6.07, 6.45) is 5.45. The molecule has 1 unspecified atom stereocenters. The molecule has 0 amide bonds. The largest absolute Gasteiger partial charge is 0.491 e. The van der Waals surface area contributed by atoms with E-state index in [0.717, 1.165) is 56.0 Å². The molecule has 0 spiro atoms. The molecule has 2 aliphatic heterocycles. The van der Waals surface area contributed by atoms with Gasteiger partial charge in [0.05, 0.1) is 13.2 Å². The average Bonchev–Trinajstić information content (AvgIpc) is 2.79. The monoisotopic (exact) mass is 414 g/mol. The zero-order chi connectivity index (χ0) is 19.9. The Morgan fingerprint density at radius 1 is 1.21 bits per heavy atom. The number of benzene rings is 1. The normalized spacial score (nSPS) is 20.4. The van der Waals surface area contributed by atoms with Crippen LogP contribution in [0.2, 0.25) is 0 Å². The highest BCUT2D eigenvalue weighted by Crippen LogP contribution is 2.32. The molecular weight excluding hydrogens is 384 g/mol. The molecule has 1 atom stereocenters. The van der Waals surface area contributed by atoms with E-state index in [1.807, 2.05) is 17.8 Å². The lowest BCUT2D eigenvalue weighted by Gasteiger charge is -2.28. The Bertz CT molecular complexity index is 789. The summed E-state index contributed by atoms with van der Waals surface area (Å²) >= 11 is 2.03. The standard InChI is InChI=1S/C23H30N2O3S/c1-26-23-21(6-4-9-24-23)18-7-8-22(28-17-20-5-2-3-12-27-20)19(15-18)16-25-10-13-29-14-11-25/h4,6-9,15,20H,2-3,5,10-14,16-17H2,1H3. The van der Waals surface area contributed by atoms with Crippen molar-refractivity contribution in [2.24, 2.45) is 0 Å². The maximum Gasteiger partial charge on any atom is 0.221 e. The average molecular weight is 415 g/mol. The summed E-state index contributed by atoms with van der Waals surface area (Å²) in [5.41, 5.74) is 3.33.